The molecule has 0 atom stereocenters. The maximum atomic E-state index is 13.5. The first-order valence-electron chi connectivity index (χ1n) is 6.75. The van der Waals surface area contributed by atoms with Gasteiger partial charge in [0.15, 0.2) is 0 Å². The van der Waals surface area contributed by atoms with Gasteiger partial charge in [-0.05, 0) is 65.2 Å². The molecule has 0 heterocycles. The molecule has 18 heavy (non-hydrogen) atoms. The van der Waals surface area contributed by atoms with Crippen molar-refractivity contribution in [1.29, 1.82) is 0 Å². The number of hydrogen-bond acceptors (Lipinski definition) is 1. The highest BCUT2D eigenvalue weighted by Crippen LogP contribution is 2.29. The zero-order valence-corrected chi connectivity index (χ0v) is 12.7. The smallest absolute Gasteiger partial charge is 0.139 e. The number of anilines is 1. The molecule has 0 unspecified atom stereocenters. The van der Waals surface area contributed by atoms with Gasteiger partial charge in [0.1, 0.15) is 5.82 Å². The molecule has 1 fully saturated rings. The van der Waals surface area contributed by atoms with E-state index in [2.05, 4.69) is 28.2 Å². The molecule has 0 saturated heterocycles. The molecule has 1 N–H and O–H groups in total. The quantitative estimate of drug-likeness (QED) is 0.815. The normalized spacial score (nSPS) is 24.0. The van der Waals surface area contributed by atoms with E-state index in [1.54, 1.807) is 6.07 Å². The van der Waals surface area contributed by atoms with Crippen LogP contribution in [0.3, 0.4) is 0 Å². The van der Waals surface area contributed by atoms with E-state index in [4.69, 9.17) is 0 Å². The fraction of sp³-hybridized carbons (Fsp3) is 0.600. The molecule has 0 bridgehead atoms. The topological polar surface area (TPSA) is 12.0 Å². The molecule has 0 aliphatic heterocycles. The second kappa shape index (κ2) is 6.05. The lowest BCUT2D eigenvalue weighted by Crippen LogP contribution is -2.20. The Morgan fingerprint density at radius 1 is 1.28 bits per heavy atom. The van der Waals surface area contributed by atoms with Crippen molar-refractivity contribution in [3.63, 3.8) is 0 Å². The average molecular weight is 314 g/mol. The third kappa shape index (κ3) is 3.47. The van der Waals surface area contributed by atoms with Crippen LogP contribution in [0.2, 0.25) is 0 Å². The van der Waals surface area contributed by atoms with Crippen molar-refractivity contribution in [3.8, 4) is 0 Å². The summed E-state index contributed by atoms with van der Waals surface area (Å²) in [6, 6.07) is 3.42. The lowest BCUT2D eigenvalue weighted by Gasteiger charge is -2.26. The second-order valence-electron chi connectivity index (χ2n) is 5.59. The van der Waals surface area contributed by atoms with E-state index in [9.17, 15) is 4.39 Å². The molecule has 0 amide bonds. The third-order valence-electron chi connectivity index (χ3n) is 3.98. The second-order valence-corrected chi connectivity index (χ2v) is 6.44. The minimum Gasteiger partial charge on any atom is -0.384 e. The zero-order chi connectivity index (χ0) is 13.1. The summed E-state index contributed by atoms with van der Waals surface area (Å²) in [6.45, 7) is 5.31. The van der Waals surface area contributed by atoms with Gasteiger partial charge in [-0.3, -0.25) is 0 Å². The summed E-state index contributed by atoms with van der Waals surface area (Å²) in [5, 5.41) is 3.40. The first-order valence-corrected chi connectivity index (χ1v) is 7.55. The highest BCUT2D eigenvalue weighted by Gasteiger charge is 2.18. The lowest BCUT2D eigenvalue weighted by atomic mass is 9.83. The van der Waals surface area contributed by atoms with E-state index < -0.39 is 0 Å². The minimum atomic E-state index is -0.194. The Bertz CT molecular complexity index is 411. The highest BCUT2D eigenvalue weighted by atomic mass is 79.9. The van der Waals surface area contributed by atoms with Crippen molar-refractivity contribution < 1.29 is 4.39 Å². The van der Waals surface area contributed by atoms with Gasteiger partial charge in [0.2, 0.25) is 0 Å². The summed E-state index contributed by atoms with van der Waals surface area (Å²) < 4.78 is 14.0. The van der Waals surface area contributed by atoms with Gasteiger partial charge in [0.05, 0.1) is 4.47 Å². The summed E-state index contributed by atoms with van der Waals surface area (Å²) in [7, 11) is 0. The summed E-state index contributed by atoms with van der Waals surface area (Å²) in [6.07, 6.45) is 5.26. The molecule has 1 nitrogen and oxygen atoms in total. The van der Waals surface area contributed by atoms with Crippen molar-refractivity contribution in [2.24, 2.45) is 11.8 Å². The van der Waals surface area contributed by atoms with Gasteiger partial charge >= 0.3 is 0 Å². The Hall–Kier alpha value is -0.570. The van der Waals surface area contributed by atoms with Gasteiger partial charge in [-0.25, -0.2) is 4.39 Å². The fourth-order valence-corrected chi connectivity index (χ4v) is 3.08. The predicted octanol–water partition coefficient (Wildman–Crippen LogP) is 5.13. The lowest BCUT2D eigenvalue weighted by molar-refractivity contribution is 0.300. The van der Waals surface area contributed by atoms with E-state index >= 15 is 0 Å². The maximum Gasteiger partial charge on any atom is 0.139 e. The van der Waals surface area contributed by atoms with Gasteiger partial charge in [0.25, 0.3) is 0 Å². The molecule has 3 heteroatoms. The van der Waals surface area contributed by atoms with E-state index in [0.717, 1.165) is 29.6 Å². The fourth-order valence-electron chi connectivity index (χ4n) is 2.62. The van der Waals surface area contributed by atoms with Gasteiger partial charge in [-0.1, -0.05) is 19.8 Å². The van der Waals surface area contributed by atoms with E-state index in [1.807, 2.05) is 13.0 Å². The molecule has 0 spiro atoms. The molecule has 1 saturated carbocycles. The van der Waals surface area contributed by atoms with Crippen molar-refractivity contribution in [3.05, 3.63) is 28.0 Å². The molecular formula is C15H21BrFN. The van der Waals surface area contributed by atoms with E-state index in [1.165, 1.54) is 25.7 Å². The zero-order valence-electron chi connectivity index (χ0n) is 11.1. The monoisotopic (exact) mass is 313 g/mol. The van der Waals surface area contributed by atoms with Crippen LogP contribution >= 0.6 is 15.9 Å². The number of nitrogens with one attached hydrogen (secondary N) is 1. The van der Waals surface area contributed by atoms with Crippen LogP contribution in [-0.4, -0.2) is 6.54 Å². The Balaban J connectivity index is 1.92. The maximum absolute atomic E-state index is 13.5. The molecule has 1 aliphatic rings. The molecule has 2 rings (SSSR count). The third-order valence-corrected chi connectivity index (χ3v) is 4.59. The molecule has 100 valence electrons. The van der Waals surface area contributed by atoms with E-state index in [-0.39, 0.29) is 5.82 Å². The van der Waals surface area contributed by atoms with Crippen LogP contribution in [0.25, 0.3) is 0 Å². The molecule has 0 radical (unpaired) electrons. The van der Waals surface area contributed by atoms with Gasteiger partial charge in [-0.2, -0.15) is 0 Å². The summed E-state index contributed by atoms with van der Waals surface area (Å²) in [4.78, 5) is 0. The minimum absolute atomic E-state index is 0.194. The van der Waals surface area contributed by atoms with Crippen molar-refractivity contribution >= 4 is 21.6 Å². The van der Waals surface area contributed by atoms with Crippen LogP contribution in [0, 0.1) is 24.6 Å². The largest absolute Gasteiger partial charge is 0.384 e. The van der Waals surface area contributed by atoms with Crippen LogP contribution in [0.1, 0.15) is 38.2 Å². The summed E-state index contributed by atoms with van der Waals surface area (Å²) in [5.41, 5.74) is 2.02. The Morgan fingerprint density at radius 3 is 2.61 bits per heavy atom. The van der Waals surface area contributed by atoms with Gasteiger partial charge < -0.3 is 5.32 Å². The van der Waals surface area contributed by atoms with Crippen LogP contribution < -0.4 is 5.32 Å². The molecule has 0 aromatic heterocycles. The number of aryl methyl sites for hydroxylation is 1. The molecular weight excluding hydrogens is 293 g/mol. The van der Waals surface area contributed by atoms with Crippen LogP contribution in [0.4, 0.5) is 10.1 Å². The molecule has 1 aromatic carbocycles. The van der Waals surface area contributed by atoms with Gasteiger partial charge in [-0.15, -0.1) is 0 Å². The SMILES string of the molecule is Cc1cc(Br)c(F)cc1NCC1CCC(C)CC1. The predicted molar refractivity (Wildman–Crippen MR) is 78.4 cm³/mol. The van der Waals surface area contributed by atoms with Crippen molar-refractivity contribution in [1.82, 2.24) is 0 Å². The number of halogens is 2. The van der Waals surface area contributed by atoms with Crippen molar-refractivity contribution in [2.75, 3.05) is 11.9 Å². The van der Waals surface area contributed by atoms with Crippen molar-refractivity contribution in [2.45, 2.75) is 39.5 Å². The standard InChI is InChI=1S/C15H21BrFN/c1-10-3-5-12(6-4-10)9-18-15-8-14(17)13(16)7-11(15)2/h7-8,10,12,18H,3-6,9H2,1-2H3. The van der Waals surface area contributed by atoms with E-state index in [0.29, 0.717) is 4.47 Å². The van der Waals surface area contributed by atoms with Crippen LogP contribution in [0.5, 0.6) is 0 Å². The van der Waals surface area contributed by atoms with Crippen LogP contribution in [0.15, 0.2) is 16.6 Å². The summed E-state index contributed by atoms with van der Waals surface area (Å²) in [5.74, 6) is 1.43. The first-order chi connectivity index (χ1) is 8.56. The number of hydrogen-bond donors (Lipinski definition) is 1. The van der Waals surface area contributed by atoms with Gasteiger partial charge in [0, 0.05) is 12.2 Å². The Morgan fingerprint density at radius 2 is 1.94 bits per heavy atom. The highest BCUT2D eigenvalue weighted by molar-refractivity contribution is 9.10. The van der Waals surface area contributed by atoms with Crippen LogP contribution in [-0.2, 0) is 0 Å². The average Bonchev–Trinajstić information content (AvgIpc) is 2.34. The first kappa shape index (κ1) is 13.9. The summed E-state index contributed by atoms with van der Waals surface area (Å²) >= 11 is 3.21. The molecule has 1 aromatic rings. The number of rotatable bonds is 3. The Labute approximate surface area is 117 Å². The number of benzene rings is 1. The molecule has 1 aliphatic carbocycles. The Kier molecular flexibility index (Phi) is 4.66.